The van der Waals surface area contributed by atoms with E-state index in [1.54, 1.807) is 0 Å². The van der Waals surface area contributed by atoms with Gasteiger partial charge in [-0.05, 0) is 12.1 Å². The molecule has 0 spiro atoms. The molecule has 252 valence electrons. The van der Waals surface area contributed by atoms with E-state index in [1.807, 2.05) is 0 Å². The van der Waals surface area contributed by atoms with Crippen molar-refractivity contribution in [2.24, 2.45) is 0 Å². The van der Waals surface area contributed by atoms with Crippen LogP contribution in [0.2, 0.25) is 0 Å². The van der Waals surface area contributed by atoms with E-state index in [0.29, 0.717) is 0 Å². The average Bonchev–Trinajstić information content (AvgIpc) is 3.02. The predicted octanol–water partition coefficient (Wildman–Crippen LogP) is -3.06. The molecule has 0 amide bonds. The first-order valence-corrected chi connectivity index (χ1v) is 13.7. The molecule has 10 unspecified atom stereocenters. The Labute approximate surface area is 257 Å². The maximum atomic E-state index is 13.8. The number of phenolic OH excluding ortho intramolecular Hbond substituents is 3. The molecule has 3 aromatic rings. The molecule has 5 rings (SSSR count). The summed E-state index contributed by atoms with van der Waals surface area (Å²) in [4.78, 5) is 13.8. The van der Waals surface area contributed by atoms with Gasteiger partial charge in [-0.3, -0.25) is 4.79 Å². The van der Waals surface area contributed by atoms with Crippen LogP contribution in [-0.4, -0.2) is 138 Å². The van der Waals surface area contributed by atoms with Crippen LogP contribution in [0.25, 0.3) is 22.3 Å². The van der Waals surface area contributed by atoms with Gasteiger partial charge in [0.2, 0.25) is 29.5 Å². The topological polar surface area (TPSA) is 299 Å². The van der Waals surface area contributed by atoms with Gasteiger partial charge in [0, 0.05) is 17.7 Å². The van der Waals surface area contributed by atoms with E-state index in [2.05, 4.69) is 0 Å². The van der Waals surface area contributed by atoms with Crippen LogP contribution < -0.4 is 19.6 Å². The number of rotatable bonds is 8. The van der Waals surface area contributed by atoms with Crippen molar-refractivity contribution < 1.29 is 84.3 Å². The number of ether oxygens (including phenoxy) is 5. The lowest BCUT2D eigenvalue weighted by Crippen LogP contribution is -2.60. The van der Waals surface area contributed by atoms with E-state index in [0.717, 1.165) is 31.4 Å². The number of aliphatic hydroxyl groups excluding tert-OH is 8. The maximum Gasteiger partial charge on any atom is 0.239 e. The second-order valence-corrected chi connectivity index (χ2v) is 10.6. The molecule has 2 fully saturated rings. The zero-order valence-corrected chi connectivity index (χ0v) is 23.8. The normalized spacial score (nSPS) is 31.5. The third-order valence-electron chi connectivity index (χ3n) is 7.61. The van der Waals surface area contributed by atoms with Crippen molar-refractivity contribution in [3.8, 4) is 45.8 Å². The highest BCUT2D eigenvalue weighted by Gasteiger charge is 2.46. The van der Waals surface area contributed by atoms with E-state index in [-0.39, 0.29) is 16.9 Å². The van der Waals surface area contributed by atoms with Gasteiger partial charge in [-0.15, -0.1) is 0 Å². The summed E-state index contributed by atoms with van der Waals surface area (Å²) in [5.74, 6) is -4.05. The number of fused-ring (bicyclic) bond motifs is 1. The molecule has 11 N–H and O–H groups in total. The number of hydrogen-bond donors (Lipinski definition) is 11. The Morgan fingerprint density at radius 1 is 0.717 bits per heavy atom. The molecule has 2 aliphatic heterocycles. The number of phenols is 3. The quantitative estimate of drug-likeness (QED) is 0.115. The molecule has 0 radical (unpaired) electrons. The molecule has 18 nitrogen and oxygen atoms in total. The molecule has 46 heavy (non-hydrogen) atoms. The molecule has 3 heterocycles. The van der Waals surface area contributed by atoms with E-state index >= 15 is 0 Å². The van der Waals surface area contributed by atoms with Crippen molar-refractivity contribution in [3.63, 3.8) is 0 Å². The van der Waals surface area contributed by atoms with Gasteiger partial charge in [-0.25, -0.2) is 0 Å². The summed E-state index contributed by atoms with van der Waals surface area (Å²) in [7, 11) is 1.15. The Morgan fingerprint density at radius 2 is 1.26 bits per heavy atom. The van der Waals surface area contributed by atoms with Crippen molar-refractivity contribution in [2.45, 2.75) is 61.4 Å². The van der Waals surface area contributed by atoms with Crippen LogP contribution in [-0.2, 0) is 9.47 Å². The highest BCUT2D eigenvalue weighted by molar-refractivity contribution is 5.88. The Kier molecular flexibility index (Phi) is 9.47. The lowest BCUT2D eigenvalue weighted by atomic mass is 9.99. The Bertz CT molecular complexity index is 1620. The fourth-order valence-corrected chi connectivity index (χ4v) is 5.09. The Balaban J connectivity index is 1.66. The summed E-state index contributed by atoms with van der Waals surface area (Å²) in [6.07, 6.45) is -17.6. The number of benzene rings is 2. The highest BCUT2D eigenvalue weighted by Crippen LogP contribution is 2.45. The van der Waals surface area contributed by atoms with Crippen molar-refractivity contribution in [3.05, 3.63) is 34.5 Å². The van der Waals surface area contributed by atoms with E-state index in [4.69, 9.17) is 28.1 Å². The number of methoxy groups -OCH3 is 1. The van der Waals surface area contributed by atoms with Gasteiger partial charge in [0.05, 0.1) is 20.3 Å². The molecule has 2 aromatic carbocycles. The third-order valence-corrected chi connectivity index (χ3v) is 7.61. The molecule has 2 aliphatic rings. The lowest BCUT2D eigenvalue weighted by molar-refractivity contribution is -0.277. The van der Waals surface area contributed by atoms with Gasteiger partial charge in [0.15, 0.2) is 17.3 Å². The fourth-order valence-electron chi connectivity index (χ4n) is 5.09. The monoisotopic (exact) mass is 656 g/mol. The molecule has 0 saturated carbocycles. The minimum absolute atomic E-state index is 0.185. The number of aliphatic hydroxyl groups is 8. The van der Waals surface area contributed by atoms with Crippen LogP contribution in [0.15, 0.2) is 33.5 Å². The van der Waals surface area contributed by atoms with E-state index < -0.39 is 120 Å². The molecule has 10 atom stereocenters. The van der Waals surface area contributed by atoms with Gasteiger partial charge in [-0.2, -0.15) is 0 Å². The van der Waals surface area contributed by atoms with Crippen molar-refractivity contribution in [2.75, 3.05) is 20.3 Å². The first kappa shape index (κ1) is 33.4. The highest BCUT2D eigenvalue weighted by atomic mass is 16.7. The van der Waals surface area contributed by atoms with Crippen molar-refractivity contribution in [1.29, 1.82) is 0 Å². The lowest BCUT2D eigenvalue weighted by Gasteiger charge is -2.39. The second kappa shape index (κ2) is 13.0. The van der Waals surface area contributed by atoms with Crippen LogP contribution in [0, 0.1) is 0 Å². The standard InChI is InChI=1S/C28H32O18/c1-41-12-2-8(3-13(17(12)33)43-27-23(39)21(37)18(34)14(6-29)44-27)25-26(20(36)16-10(32)4-9(31)5-11(16)42-25)46-28-24(40)22(38)19(35)15(7-30)45-28/h2-5,14-15,18-19,21-24,27-35,37-40H,6-7H2,1H3. The van der Waals surface area contributed by atoms with E-state index in [1.165, 1.54) is 0 Å². The van der Waals surface area contributed by atoms with Crippen LogP contribution in [0.4, 0.5) is 0 Å². The Hall–Kier alpha value is -3.95. The van der Waals surface area contributed by atoms with Gasteiger partial charge in [0.1, 0.15) is 71.3 Å². The zero-order chi connectivity index (χ0) is 33.6. The van der Waals surface area contributed by atoms with Crippen molar-refractivity contribution >= 4 is 11.0 Å². The summed E-state index contributed by atoms with van der Waals surface area (Å²) in [6, 6.07) is 3.99. The van der Waals surface area contributed by atoms with Crippen molar-refractivity contribution in [1.82, 2.24) is 0 Å². The largest absolute Gasteiger partial charge is 0.508 e. The summed E-state index contributed by atoms with van der Waals surface area (Å²) in [5, 5.41) is 112. The molecular weight excluding hydrogens is 624 g/mol. The van der Waals surface area contributed by atoms with Gasteiger partial charge >= 0.3 is 0 Å². The molecule has 0 aliphatic carbocycles. The summed E-state index contributed by atoms with van der Waals surface area (Å²) in [5.41, 5.74) is -1.65. The van der Waals surface area contributed by atoms with Gasteiger partial charge in [0.25, 0.3) is 0 Å². The SMILES string of the molecule is COc1cc(-c2oc3cc(O)cc(O)c3c(=O)c2OC2OC(CO)C(O)C(O)C2O)cc(OC2OC(CO)C(O)C(O)C2O)c1O. The summed E-state index contributed by atoms with van der Waals surface area (Å²) < 4.78 is 33.0. The second-order valence-electron chi connectivity index (χ2n) is 10.6. The van der Waals surface area contributed by atoms with Crippen LogP contribution in [0.3, 0.4) is 0 Å². The molecular formula is C28H32O18. The first-order chi connectivity index (χ1) is 21.8. The molecule has 1 aromatic heterocycles. The zero-order valence-electron chi connectivity index (χ0n) is 23.8. The van der Waals surface area contributed by atoms with Crippen LogP contribution >= 0.6 is 0 Å². The molecule has 2 saturated heterocycles. The fraction of sp³-hybridized carbons (Fsp3) is 0.464. The van der Waals surface area contributed by atoms with Gasteiger partial charge in [-0.1, -0.05) is 0 Å². The third kappa shape index (κ3) is 5.86. The minimum Gasteiger partial charge on any atom is -0.508 e. The number of aromatic hydroxyl groups is 3. The smallest absolute Gasteiger partial charge is 0.239 e. The Morgan fingerprint density at radius 3 is 1.80 bits per heavy atom. The average molecular weight is 657 g/mol. The number of hydrogen-bond acceptors (Lipinski definition) is 18. The van der Waals surface area contributed by atoms with Crippen LogP contribution in [0.5, 0.6) is 34.5 Å². The first-order valence-electron chi connectivity index (χ1n) is 13.7. The predicted molar refractivity (Wildman–Crippen MR) is 148 cm³/mol. The van der Waals surface area contributed by atoms with E-state index in [9.17, 15) is 61.0 Å². The molecule has 18 heteroatoms. The summed E-state index contributed by atoms with van der Waals surface area (Å²) in [6.45, 7) is -1.60. The van der Waals surface area contributed by atoms with Gasteiger partial charge < -0.3 is 84.3 Å². The van der Waals surface area contributed by atoms with Crippen LogP contribution in [0.1, 0.15) is 0 Å². The minimum atomic E-state index is -1.98. The molecule has 0 bridgehead atoms. The maximum absolute atomic E-state index is 13.8. The summed E-state index contributed by atoms with van der Waals surface area (Å²) >= 11 is 0.